The molecule has 1 heterocycles. The number of aromatic hydroxyl groups is 1. The molecule has 0 amide bonds. The quantitative estimate of drug-likeness (QED) is 0.886. The Bertz CT molecular complexity index is 602. The molecule has 0 aliphatic rings. The summed E-state index contributed by atoms with van der Waals surface area (Å²) >= 11 is 1.40. The van der Waals surface area contributed by atoms with Gasteiger partial charge in [-0.25, -0.2) is 9.37 Å². The molecule has 3 nitrogen and oxygen atoms in total. The van der Waals surface area contributed by atoms with Gasteiger partial charge in [-0.05, 0) is 12.1 Å². The topological polar surface area (TPSA) is 59.1 Å². The molecule has 0 fully saturated rings. The Labute approximate surface area is 115 Å². The zero-order valence-corrected chi connectivity index (χ0v) is 12.0. The van der Waals surface area contributed by atoms with E-state index in [1.54, 1.807) is 0 Å². The largest absolute Gasteiger partial charge is 0.508 e. The number of phenolic OH excluding ortho intramolecular Hbond substituents is 1. The predicted molar refractivity (Wildman–Crippen MR) is 75.8 cm³/mol. The molecule has 0 unspecified atom stereocenters. The lowest BCUT2D eigenvalue weighted by Crippen LogP contribution is -2.15. The van der Waals surface area contributed by atoms with E-state index in [9.17, 15) is 9.50 Å². The summed E-state index contributed by atoms with van der Waals surface area (Å²) in [6.45, 7) is 6.55. The molecule has 0 saturated carbocycles. The minimum atomic E-state index is -0.474. The van der Waals surface area contributed by atoms with Crippen LogP contribution in [0.2, 0.25) is 0 Å². The van der Waals surface area contributed by atoms with Crippen LogP contribution < -0.4 is 5.73 Å². The van der Waals surface area contributed by atoms with Crippen LogP contribution in [0.5, 0.6) is 5.75 Å². The second kappa shape index (κ2) is 4.90. The molecular weight excluding hydrogens is 263 g/mol. The van der Waals surface area contributed by atoms with E-state index < -0.39 is 5.82 Å². The van der Waals surface area contributed by atoms with Crippen molar-refractivity contribution >= 4 is 11.3 Å². The fourth-order valence-electron chi connectivity index (χ4n) is 1.87. The molecule has 19 heavy (non-hydrogen) atoms. The van der Waals surface area contributed by atoms with Crippen LogP contribution in [0.1, 0.15) is 31.3 Å². The lowest BCUT2D eigenvalue weighted by atomic mass is 9.91. The third-order valence-corrected chi connectivity index (χ3v) is 3.89. The summed E-state index contributed by atoms with van der Waals surface area (Å²) in [7, 11) is 0. The number of benzene rings is 1. The standard InChI is InChI=1S/C14H17FN2OS/c1-14(2,3)12-11(7-16)19-13(17-12)9-5-4-8(18)6-10(9)15/h4-6,18H,7,16H2,1-3H3. The number of phenols is 1. The maximum atomic E-state index is 13.9. The Hall–Kier alpha value is -1.46. The first kappa shape index (κ1) is 14.0. The van der Waals surface area contributed by atoms with Crippen LogP contribution in [0.3, 0.4) is 0 Å². The molecule has 0 saturated heterocycles. The number of nitrogens with two attached hydrogens (primary N) is 1. The highest BCUT2D eigenvalue weighted by atomic mass is 32.1. The van der Waals surface area contributed by atoms with E-state index in [0.717, 1.165) is 16.6 Å². The second-order valence-corrected chi connectivity index (χ2v) is 6.49. The summed E-state index contributed by atoms with van der Waals surface area (Å²) < 4.78 is 13.9. The number of nitrogens with zero attached hydrogens (tertiary/aromatic N) is 1. The van der Waals surface area contributed by atoms with E-state index >= 15 is 0 Å². The molecule has 0 radical (unpaired) electrons. The Morgan fingerprint density at radius 2 is 2.05 bits per heavy atom. The van der Waals surface area contributed by atoms with Gasteiger partial charge in [0.05, 0.1) is 5.69 Å². The molecule has 2 rings (SSSR count). The van der Waals surface area contributed by atoms with Gasteiger partial charge < -0.3 is 10.8 Å². The average Bonchev–Trinajstić information content (AvgIpc) is 2.72. The minimum Gasteiger partial charge on any atom is -0.508 e. The first-order chi connectivity index (χ1) is 8.82. The number of thiazole rings is 1. The summed E-state index contributed by atoms with van der Waals surface area (Å²) in [6.07, 6.45) is 0. The fourth-order valence-corrected chi connectivity index (χ4v) is 3.05. The zero-order valence-electron chi connectivity index (χ0n) is 11.2. The summed E-state index contributed by atoms with van der Waals surface area (Å²) in [4.78, 5) is 5.50. The number of hydrogen-bond donors (Lipinski definition) is 2. The van der Waals surface area contributed by atoms with Crippen LogP contribution in [-0.2, 0) is 12.0 Å². The first-order valence-corrected chi connectivity index (χ1v) is 6.83. The van der Waals surface area contributed by atoms with E-state index in [4.69, 9.17) is 5.73 Å². The lowest BCUT2D eigenvalue weighted by Gasteiger charge is -2.16. The summed E-state index contributed by atoms with van der Waals surface area (Å²) in [6, 6.07) is 4.09. The molecular formula is C14H17FN2OS. The SMILES string of the molecule is CC(C)(C)c1nc(-c2ccc(O)cc2F)sc1CN. The van der Waals surface area contributed by atoms with E-state index in [0.29, 0.717) is 17.1 Å². The molecule has 0 aliphatic heterocycles. The normalized spacial score (nSPS) is 11.8. The van der Waals surface area contributed by atoms with Crippen LogP contribution in [0.25, 0.3) is 10.6 Å². The summed E-state index contributed by atoms with van der Waals surface area (Å²) in [5.41, 5.74) is 6.91. The maximum Gasteiger partial charge on any atom is 0.137 e. The predicted octanol–water partition coefficient (Wildman–Crippen LogP) is 3.41. The van der Waals surface area contributed by atoms with Crippen LogP contribution in [0, 0.1) is 5.82 Å². The summed E-state index contributed by atoms with van der Waals surface area (Å²) in [5, 5.41) is 9.84. The van der Waals surface area contributed by atoms with Crippen molar-refractivity contribution in [1.82, 2.24) is 4.98 Å². The van der Waals surface area contributed by atoms with E-state index in [2.05, 4.69) is 25.8 Å². The fraction of sp³-hybridized carbons (Fsp3) is 0.357. The highest BCUT2D eigenvalue weighted by molar-refractivity contribution is 7.15. The van der Waals surface area contributed by atoms with Crippen molar-refractivity contribution in [2.24, 2.45) is 5.73 Å². The highest BCUT2D eigenvalue weighted by Crippen LogP contribution is 2.35. The Morgan fingerprint density at radius 3 is 2.53 bits per heavy atom. The van der Waals surface area contributed by atoms with Gasteiger partial charge in [-0.2, -0.15) is 0 Å². The van der Waals surface area contributed by atoms with Gasteiger partial charge in [-0.15, -0.1) is 11.3 Å². The van der Waals surface area contributed by atoms with Crippen LogP contribution in [0.15, 0.2) is 18.2 Å². The molecule has 0 spiro atoms. The number of rotatable bonds is 2. The number of aromatic nitrogens is 1. The Kier molecular flexibility index (Phi) is 3.60. The third kappa shape index (κ3) is 2.77. The van der Waals surface area contributed by atoms with Crippen molar-refractivity contribution < 1.29 is 9.50 Å². The molecule has 3 N–H and O–H groups in total. The van der Waals surface area contributed by atoms with Crippen molar-refractivity contribution in [2.45, 2.75) is 32.7 Å². The van der Waals surface area contributed by atoms with Crippen LogP contribution in [0.4, 0.5) is 4.39 Å². The minimum absolute atomic E-state index is 0.0899. The lowest BCUT2D eigenvalue weighted by molar-refractivity contribution is 0.469. The molecule has 1 aromatic carbocycles. The van der Waals surface area contributed by atoms with E-state index in [-0.39, 0.29) is 11.2 Å². The van der Waals surface area contributed by atoms with E-state index in [1.807, 2.05) is 0 Å². The molecule has 1 aromatic heterocycles. The Balaban J connectivity index is 2.55. The molecule has 0 bridgehead atoms. The first-order valence-electron chi connectivity index (χ1n) is 6.02. The smallest absolute Gasteiger partial charge is 0.137 e. The van der Waals surface area contributed by atoms with Gasteiger partial charge in [0.15, 0.2) is 0 Å². The average molecular weight is 280 g/mol. The molecule has 0 atom stereocenters. The van der Waals surface area contributed by atoms with Gasteiger partial charge in [-0.1, -0.05) is 20.8 Å². The Morgan fingerprint density at radius 1 is 1.37 bits per heavy atom. The van der Waals surface area contributed by atoms with Gasteiger partial charge in [0, 0.05) is 28.5 Å². The summed E-state index contributed by atoms with van der Waals surface area (Å²) in [5.74, 6) is -0.564. The van der Waals surface area contributed by atoms with Crippen molar-refractivity contribution in [3.63, 3.8) is 0 Å². The van der Waals surface area contributed by atoms with Gasteiger partial charge in [0.1, 0.15) is 16.6 Å². The monoisotopic (exact) mass is 280 g/mol. The van der Waals surface area contributed by atoms with Gasteiger partial charge in [0.25, 0.3) is 0 Å². The molecule has 2 aromatic rings. The van der Waals surface area contributed by atoms with Crippen molar-refractivity contribution in [3.8, 4) is 16.3 Å². The second-order valence-electron chi connectivity index (χ2n) is 5.41. The van der Waals surface area contributed by atoms with Crippen LogP contribution in [-0.4, -0.2) is 10.1 Å². The maximum absolute atomic E-state index is 13.9. The van der Waals surface area contributed by atoms with Crippen molar-refractivity contribution in [3.05, 3.63) is 34.6 Å². The molecule has 102 valence electrons. The van der Waals surface area contributed by atoms with Gasteiger partial charge in [0.2, 0.25) is 0 Å². The molecule has 5 heteroatoms. The third-order valence-electron chi connectivity index (χ3n) is 2.78. The van der Waals surface area contributed by atoms with Gasteiger partial charge in [-0.3, -0.25) is 0 Å². The number of hydrogen-bond acceptors (Lipinski definition) is 4. The highest BCUT2D eigenvalue weighted by Gasteiger charge is 2.23. The molecule has 0 aliphatic carbocycles. The van der Waals surface area contributed by atoms with Gasteiger partial charge >= 0.3 is 0 Å². The van der Waals surface area contributed by atoms with Crippen molar-refractivity contribution in [1.29, 1.82) is 0 Å². The number of halogens is 1. The van der Waals surface area contributed by atoms with Crippen LogP contribution >= 0.6 is 11.3 Å². The zero-order chi connectivity index (χ0) is 14.2. The van der Waals surface area contributed by atoms with Crippen molar-refractivity contribution in [2.75, 3.05) is 0 Å². The van der Waals surface area contributed by atoms with E-state index in [1.165, 1.54) is 23.5 Å².